The maximum absolute atomic E-state index is 14.5. The highest BCUT2D eigenvalue weighted by Crippen LogP contribution is 2.18. The zero-order chi connectivity index (χ0) is 93.7. The van der Waals surface area contributed by atoms with Gasteiger partial charge in [-0.2, -0.15) is 0 Å². The number of hydrogen-bond acceptors (Lipinski definition) is 23. The fourth-order valence-electron chi connectivity index (χ4n) is 12.2. The van der Waals surface area contributed by atoms with Crippen LogP contribution < -0.4 is 120 Å². The Labute approximate surface area is 715 Å². The first-order valence-electron chi connectivity index (χ1n) is 41.1. The maximum atomic E-state index is 14.5. The van der Waals surface area contributed by atoms with Crippen LogP contribution in [-0.4, -0.2) is 244 Å². The topological polar surface area (TPSA) is 769 Å². The summed E-state index contributed by atoms with van der Waals surface area (Å²) in [6.45, 7) is 18.6. The van der Waals surface area contributed by atoms with Crippen molar-refractivity contribution in [1.29, 1.82) is 0 Å². The molecule has 692 valence electrons. The van der Waals surface area contributed by atoms with E-state index in [0.29, 0.717) is 24.8 Å². The van der Waals surface area contributed by atoms with E-state index < -0.39 is 254 Å². The lowest BCUT2D eigenvalue weighted by molar-refractivity contribution is -0.142. The predicted octanol–water partition coefficient (Wildman–Crippen LogP) is -6.11. The third-order valence-corrected chi connectivity index (χ3v) is 19.3. The molecule has 1 aromatic carbocycles. The van der Waals surface area contributed by atoms with E-state index in [1.807, 2.05) is 0 Å². The zero-order valence-electron chi connectivity index (χ0n) is 72.3. The minimum atomic E-state index is -1.70. The molecule has 1 rings (SSSR count). The van der Waals surface area contributed by atoms with Gasteiger partial charge in [0.1, 0.15) is 90.3 Å². The van der Waals surface area contributed by atoms with Crippen molar-refractivity contribution >= 4 is 118 Å². The highest BCUT2D eigenvalue weighted by atomic mass is 16.4. The van der Waals surface area contributed by atoms with Crippen molar-refractivity contribution < 1.29 is 102 Å². The van der Waals surface area contributed by atoms with Gasteiger partial charge in [-0.25, -0.2) is 4.79 Å². The number of carboxylic acid groups (broad SMARTS) is 2. The lowest BCUT2D eigenvalue weighted by Gasteiger charge is -2.29. The van der Waals surface area contributed by atoms with Gasteiger partial charge < -0.3 is 136 Å². The van der Waals surface area contributed by atoms with Crippen molar-refractivity contribution in [2.45, 2.75) is 277 Å². The van der Waals surface area contributed by atoms with E-state index in [2.05, 4.69) is 84.4 Å². The number of carbonyl (C=O) groups is 18. The number of aliphatic carboxylic acids is 2. The van der Waals surface area contributed by atoms with Crippen molar-refractivity contribution in [3.8, 4) is 5.75 Å². The summed E-state index contributed by atoms with van der Waals surface area (Å²) in [5, 5.41) is 64.9. The molecule has 0 spiro atoms. The summed E-state index contributed by atoms with van der Waals surface area (Å²) in [7, 11) is 0. The van der Waals surface area contributed by atoms with E-state index in [-0.39, 0.29) is 101 Å². The van der Waals surface area contributed by atoms with Gasteiger partial charge in [0, 0.05) is 38.8 Å². The number of rotatable bonds is 60. The van der Waals surface area contributed by atoms with Gasteiger partial charge in [-0.15, -0.1) is 0 Å². The van der Waals surface area contributed by atoms with Gasteiger partial charge in [0.15, 0.2) is 11.9 Å². The second-order valence-corrected chi connectivity index (χ2v) is 31.7. The molecule has 0 bridgehead atoms. The molecule has 0 radical (unpaired) electrons. The number of carboxylic acids is 2. The van der Waals surface area contributed by atoms with Crippen LogP contribution in [0.4, 0.5) is 0 Å². The Morgan fingerprint density at radius 3 is 1.04 bits per heavy atom. The quantitative estimate of drug-likeness (QED) is 0.0164. The lowest BCUT2D eigenvalue weighted by atomic mass is 9.97. The van der Waals surface area contributed by atoms with Crippen LogP contribution in [0.1, 0.15) is 191 Å². The summed E-state index contributed by atoms with van der Waals surface area (Å²) in [6.07, 6.45) is -2.66. The number of primary amides is 2. The summed E-state index contributed by atoms with van der Waals surface area (Å²) < 4.78 is 0. The number of phenols is 1. The van der Waals surface area contributed by atoms with Gasteiger partial charge in [0.2, 0.25) is 94.5 Å². The predicted molar refractivity (Wildman–Crippen MR) is 451 cm³/mol. The number of aromatic hydroxyl groups is 1. The molecule has 0 saturated carbocycles. The van der Waals surface area contributed by atoms with Gasteiger partial charge in [0.05, 0.1) is 6.54 Å². The number of nitrogens with zero attached hydrogens (tertiary/aromatic N) is 2. The first-order chi connectivity index (χ1) is 57.5. The van der Waals surface area contributed by atoms with Crippen LogP contribution >= 0.6 is 0 Å². The Kier molecular flexibility index (Phi) is 50.1. The molecule has 0 aliphatic rings. The summed E-state index contributed by atoms with van der Waals surface area (Å²) >= 11 is 0. The van der Waals surface area contributed by atoms with Crippen LogP contribution in [0.15, 0.2) is 34.3 Å². The smallest absolute Gasteiger partial charge is 0.326 e. The number of nitrogens with two attached hydrogens (primary N) is 8. The van der Waals surface area contributed by atoms with E-state index >= 15 is 0 Å². The average Bonchev–Trinajstić information content (AvgIpc) is 0.817. The molecule has 0 saturated heterocycles. The van der Waals surface area contributed by atoms with Gasteiger partial charge in [0.25, 0.3) is 0 Å². The van der Waals surface area contributed by atoms with Gasteiger partial charge in [-0.1, -0.05) is 87.8 Å². The molecule has 45 nitrogen and oxygen atoms in total. The normalized spacial score (nSPS) is 14.8. The Morgan fingerprint density at radius 1 is 0.358 bits per heavy atom. The number of carbonyl (C=O) groups excluding carboxylic acids is 16. The van der Waals surface area contributed by atoms with Crippen molar-refractivity contribution in [3.63, 3.8) is 0 Å². The summed E-state index contributed by atoms with van der Waals surface area (Å²) in [4.78, 5) is 253. The standard InChI is InChI=1S/C78H134N24O21/c1-13-42(10)62(100-58(106)37-80)75(121)95-47(18-14-15-31-79)66(112)93-51(26-29-57(82)105)69(115)97-54(35-39(4)5)72(118)94-50(25-28-56(81)104)65(111)89-43(11)63(109)91-49(20-17-33-88-78(85)86)70(116)102-61(41(8)9)74(120)98-53(34-38(2)3)71(117)90-44(12)64(110)101-60(40(6)7)73(119)96-52(27-30-59(107)108)68(114)92-48(19-16-32-87-77(83)84)67(113)99-55(76(122)123)36-45-21-23-46(103)24-22-45/h21-24,38-44,47-55,60-62,103H,13-20,25-37,79-80H2,1-12H3,(H2,81,104)(H2,82,105)(H,89,111)(H,90,117)(H,91,109)(H,92,114)(H,93,112)(H,94,118)(H,95,121)(H,96,119)(H,97,115)(H,98,120)(H,99,113)(H,100,106)(H,101,110)(H,102,116)(H,107,108)(H,122,123)(H4,83,84,87)(H4,85,86,88)/t42-,43-,44-,47-,48-,49-,50-,51-,52-,53-,54-,55-,60-,61-,62-/m0/s1. The van der Waals surface area contributed by atoms with Crippen molar-refractivity contribution in [2.75, 3.05) is 26.2 Å². The SMILES string of the molecule is CC[C@H](C)[C@H](NC(=O)CN)C(=O)N[C@@H](CCCCN)C(=O)N[C@@H](CCC(N)=O)C(=O)N[C@@H](CC(C)C)C(=O)N[C@@H](CCC(N)=O)C(=O)N[C@@H](C)C(=O)N[C@@H](CCCN=C(N)N)C(=O)N[C@H](C(=O)N[C@@H](CC(C)C)C(=O)N[C@@H](C)C(=O)N[C@H](C(=O)N[C@@H](CCC(=O)O)C(=O)N[C@@H](CCCN=C(N)N)C(=O)N[C@@H](Cc1ccc(O)cc1)C(=O)O)C(C)C)C(C)C. The molecule has 16 amide bonds. The van der Waals surface area contributed by atoms with Crippen molar-refractivity contribution in [3.05, 3.63) is 29.8 Å². The average molecular weight is 1740 g/mol. The van der Waals surface area contributed by atoms with Crippen LogP contribution in [0.2, 0.25) is 0 Å². The Morgan fingerprint density at radius 2 is 0.675 bits per heavy atom. The molecule has 0 aliphatic carbocycles. The lowest BCUT2D eigenvalue weighted by Crippen LogP contribution is -2.61. The Hall–Kier alpha value is -12.1. The maximum Gasteiger partial charge on any atom is 0.326 e. The first kappa shape index (κ1) is 109. The number of phenolic OH excluding ortho intramolecular Hbond substituents is 1. The van der Waals surface area contributed by atoms with Gasteiger partial charge in [-0.05, 0) is 145 Å². The second kappa shape index (κ2) is 56.5. The highest BCUT2D eigenvalue weighted by Gasteiger charge is 2.39. The number of benzene rings is 1. The number of nitrogens with one attached hydrogen (secondary N) is 14. The molecule has 0 fully saturated rings. The molecule has 0 aromatic heterocycles. The van der Waals surface area contributed by atoms with Gasteiger partial charge >= 0.3 is 11.9 Å². The van der Waals surface area contributed by atoms with Crippen molar-refractivity contribution in [2.24, 2.45) is 85.4 Å². The van der Waals surface area contributed by atoms with Crippen LogP contribution in [0, 0.1) is 29.6 Å². The fourth-order valence-corrected chi connectivity index (χ4v) is 12.2. The molecule has 0 unspecified atom stereocenters. The number of guanidine groups is 2. The molecule has 1 aromatic rings. The molecule has 15 atom stereocenters. The summed E-state index contributed by atoms with van der Waals surface area (Å²) in [5.74, 6) is -21.1. The number of unbranched alkanes of at least 4 members (excludes halogenated alkanes) is 1. The summed E-state index contributed by atoms with van der Waals surface area (Å²) in [6, 6.07) is -15.3. The molecule has 0 aliphatic heterocycles. The zero-order valence-corrected chi connectivity index (χ0v) is 72.3. The molecule has 45 heteroatoms. The van der Waals surface area contributed by atoms with Crippen LogP contribution in [0.25, 0.3) is 0 Å². The first-order valence-corrected chi connectivity index (χ1v) is 41.1. The third kappa shape index (κ3) is 43.3. The summed E-state index contributed by atoms with van der Waals surface area (Å²) in [5.41, 5.74) is 44.7. The Bertz CT molecular complexity index is 3780. The highest BCUT2D eigenvalue weighted by molar-refractivity contribution is 6.01. The fraction of sp³-hybridized carbons (Fsp3) is 0.667. The third-order valence-electron chi connectivity index (χ3n) is 19.3. The molecular formula is C78H134N24O21. The van der Waals surface area contributed by atoms with E-state index in [1.54, 1.807) is 55.4 Å². The molecular weight excluding hydrogens is 1610 g/mol. The minimum absolute atomic E-state index is 0.00891. The molecule has 0 heterocycles. The van der Waals surface area contributed by atoms with E-state index in [1.165, 1.54) is 52.0 Å². The number of hydrogen-bond donors (Lipinski definition) is 25. The molecule has 123 heavy (non-hydrogen) atoms. The number of amides is 16. The Balaban J connectivity index is 3.59. The van der Waals surface area contributed by atoms with E-state index in [9.17, 15) is 102 Å². The van der Waals surface area contributed by atoms with Crippen LogP contribution in [0.3, 0.4) is 0 Å². The number of aliphatic imine (C=N–C) groups is 2. The second-order valence-electron chi connectivity index (χ2n) is 31.7. The van der Waals surface area contributed by atoms with Crippen LogP contribution in [-0.2, 0) is 92.7 Å². The van der Waals surface area contributed by atoms with E-state index in [0.717, 1.165) is 0 Å². The van der Waals surface area contributed by atoms with Crippen molar-refractivity contribution in [1.82, 2.24) is 74.4 Å². The van der Waals surface area contributed by atoms with E-state index in [4.69, 9.17) is 45.9 Å². The largest absolute Gasteiger partial charge is 0.508 e. The molecule has 33 N–H and O–H groups in total. The monoisotopic (exact) mass is 1740 g/mol. The van der Waals surface area contributed by atoms with Crippen LogP contribution in [0.5, 0.6) is 5.75 Å². The minimum Gasteiger partial charge on any atom is -0.508 e. The van der Waals surface area contributed by atoms with Gasteiger partial charge in [-0.3, -0.25) is 91.5 Å².